The highest BCUT2D eigenvalue weighted by Crippen LogP contribution is 2.23. The molecule has 0 aliphatic heterocycles. The Bertz CT molecular complexity index is 733. The largest absolute Gasteiger partial charge is 0.481 e. The molecule has 118 valence electrons. The lowest BCUT2D eigenvalue weighted by molar-refractivity contribution is 0.0817. The van der Waals surface area contributed by atoms with E-state index in [-0.39, 0.29) is 11.2 Å². The van der Waals surface area contributed by atoms with Crippen molar-refractivity contribution in [2.45, 2.75) is 39.2 Å². The van der Waals surface area contributed by atoms with Gasteiger partial charge in [-0.2, -0.15) is 5.26 Å². The number of Topliss-reactive ketones (excluding diaryl/α,β-unsaturated/α-hetero) is 1. The van der Waals surface area contributed by atoms with Crippen molar-refractivity contribution in [1.29, 1.82) is 5.26 Å². The van der Waals surface area contributed by atoms with E-state index in [0.29, 0.717) is 16.9 Å². The average molecular weight is 307 g/mol. The van der Waals surface area contributed by atoms with Crippen molar-refractivity contribution in [3.63, 3.8) is 0 Å². The topological polar surface area (TPSA) is 50.1 Å². The molecule has 0 heterocycles. The molecule has 0 spiro atoms. The Morgan fingerprint density at radius 3 is 2.26 bits per heavy atom. The number of nitrogens with zero attached hydrogens (tertiary/aromatic N) is 1. The van der Waals surface area contributed by atoms with E-state index in [4.69, 9.17) is 10.00 Å². The van der Waals surface area contributed by atoms with Crippen LogP contribution in [0.2, 0.25) is 0 Å². The molecule has 0 radical (unpaired) electrons. The molecule has 1 atom stereocenters. The highest BCUT2D eigenvalue weighted by atomic mass is 16.5. The van der Waals surface area contributed by atoms with Crippen LogP contribution in [-0.2, 0) is 5.41 Å². The molecule has 0 saturated carbocycles. The Labute approximate surface area is 137 Å². The zero-order chi connectivity index (χ0) is 17.0. The fraction of sp³-hybridized carbons (Fsp3) is 0.300. The maximum absolute atomic E-state index is 12.5. The van der Waals surface area contributed by atoms with E-state index in [1.807, 2.05) is 24.3 Å². The lowest BCUT2D eigenvalue weighted by atomic mass is 9.86. The van der Waals surface area contributed by atoms with Crippen molar-refractivity contribution in [2.24, 2.45) is 0 Å². The van der Waals surface area contributed by atoms with Crippen molar-refractivity contribution in [2.75, 3.05) is 0 Å². The second kappa shape index (κ2) is 6.66. The minimum absolute atomic E-state index is 0.0510. The summed E-state index contributed by atoms with van der Waals surface area (Å²) in [5.74, 6) is 0.334. The van der Waals surface area contributed by atoms with Crippen LogP contribution in [0.4, 0.5) is 0 Å². The Morgan fingerprint density at radius 2 is 1.70 bits per heavy atom. The summed E-state index contributed by atoms with van der Waals surface area (Å²) in [5, 5.41) is 9.08. The molecule has 23 heavy (non-hydrogen) atoms. The van der Waals surface area contributed by atoms with Crippen LogP contribution in [0.3, 0.4) is 0 Å². The van der Waals surface area contributed by atoms with Gasteiger partial charge in [-0.05, 0) is 30.0 Å². The predicted molar refractivity (Wildman–Crippen MR) is 90.7 cm³/mol. The SMILES string of the molecule is C[C@@H](Oc1ccccc1C#N)C(=O)c1ccc(C(C)(C)C)cc1. The minimum atomic E-state index is -0.648. The standard InChI is InChI=1S/C20H21NO2/c1-14(23-18-8-6-5-7-16(18)13-21)19(22)15-9-11-17(12-10-15)20(2,3)4/h5-12,14H,1-4H3/t14-/m1/s1. The van der Waals surface area contributed by atoms with Gasteiger partial charge in [-0.3, -0.25) is 4.79 Å². The van der Waals surface area contributed by atoms with Crippen LogP contribution in [-0.4, -0.2) is 11.9 Å². The van der Waals surface area contributed by atoms with Crippen LogP contribution in [0.15, 0.2) is 48.5 Å². The summed E-state index contributed by atoms with van der Waals surface area (Å²) in [6, 6.07) is 16.6. The first-order valence-corrected chi connectivity index (χ1v) is 7.63. The van der Waals surface area contributed by atoms with Crippen LogP contribution in [0.1, 0.15) is 49.2 Å². The number of carbonyl (C=O) groups excluding carboxylic acids is 1. The van der Waals surface area contributed by atoms with Crippen LogP contribution >= 0.6 is 0 Å². The second-order valence-corrected chi connectivity index (χ2v) is 6.56. The number of carbonyl (C=O) groups is 1. The summed E-state index contributed by atoms with van der Waals surface area (Å²) < 4.78 is 5.68. The third kappa shape index (κ3) is 3.98. The molecular weight excluding hydrogens is 286 g/mol. The Kier molecular flexibility index (Phi) is 4.86. The van der Waals surface area contributed by atoms with E-state index < -0.39 is 6.10 Å². The Morgan fingerprint density at radius 1 is 1.09 bits per heavy atom. The first-order valence-electron chi connectivity index (χ1n) is 7.63. The highest BCUT2D eigenvalue weighted by Gasteiger charge is 2.19. The number of hydrogen-bond donors (Lipinski definition) is 0. The number of benzene rings is 2. The van der Waals surface area contributed by atoms with E-state index >= 15 is 0 Å². The number of rotatable bonds is 4. The number of hydrogen-bond acceptors (Lipinski definition) is 3. The average Bonchev–Trinajstić information content (AvgIpc) is 2.54. The van der Waals surface area contributed by atoms with Gasteiger partial charge in [-0.25, -0.2) is 0 Å². The molecule has 2 aromatic carbocycles. The van der Waals surface area contributed by atoms with E-state index in [2.05, 4.69) is 26.8 Å². The highest BCUT2D eigenvalue weighted by molar-refractivity contribution is 5.99. The van der Waals surface area contributed by atoms with Gasteiger partial charge in [-0.1, -0.05) is 57.2 Å². The maximum atomic E-state index is 12.5. The summed E-state index contributed by atoms with van der Waals surface area (Å²) in [4.78, 5) is 12.5. The molecule has 0 aliphatic carbocycles. The Balaban J connectivity index is 2.15. The monoisotopic (exact) mass is 307 g/mol. The summed E-state index contributed by atoms with van der Waals surface area (Å²) in [6.07, 6.45) is -0.648. The minimum Gasteiger partial charge on any atom is -0.481 e. The third-order valence-corrected chi connectivity index (χ3v) is 3.72. The van der Waals surface area contributed by atoms with Gasteiger partial charge in [0.25, 0.3) is 0 Å². The fourth-order valence-corrected chi connectivity index (χ4v) is 2.27. The van der Waals surface area contributed by atoms with Crippen LogP contribution in [0.5, 0.6) is 5.75 Å². The first-order chi connectivity index (χ1) is 10.8. The zero-order valence-electron chi connectivity index (χ0n) is 14.0. The van der Waals surface area contributed by atoms with Crippen molar-refractivity contribution in [3.05, 3.63) is 65.2 Å². The second-order valence-electron chi connectivity index (χ2n) is 6.56. The van der Waals surface area contributed by atoms with E-state index in [1.54, 1.807) is 31.2 Å². The quantitative estimate of drug-likeness (QED) is 0.781. The normalized spacial score (nSPS) is 12.3. The molecule has 2 aromatic rings. The number of ketones is 1. The molecule has 0 aliphatic rings. The van der Waals surface area contributed by atoms with Crippen LogP contribution in [0, 0.1) is 11.3 Å². The zero-order valence-corrected chi connectivity index (χ0v) is 14.0. The molecule has 0 aromatic heterocycles. The van der Waals surface area contributed by atoms with Gasteiger partial charge in [0.1, 0.15) is 11.8 Å². The molecular formula is C20H21NO2. The lowest BCUT2D eigenvalue weighted by Crippen LogP contribution is -2.24. The summed E-state index contributed by atoms with van der Waals surface area (Å²) in [5.41, 5.74) is 2.27. The molecule has 0 fully saturated rings. The summed E-state index contributed by atoms with van der Waals surface area (Å²) in [6.45, 7) is 8.10. The van der Waals surface area contributed by atoms with Crippen molar-refractivity contribution in [1.82, 2.24) is 0 Å². The first kappa shape index (κ1) is 16.8. The van der Waals surface area contributed by atoms with Gasteiger partial charge in [0.2, 0.25) is 5.78 Å². The molecule has 3 nitrogen and oxygen atoms in total. The maximum Gasteiger partial charge on any atom is 0.202 e. The van der Waals surface area contributed by atoms with Gasteiger partial charge in [0, 0.05) is 5.56 Å². The van der Waals surface area contributed by atoms with Crippen molar-refractivity contribution >= 4 is 5.78 Å². The fourth-order valence-electron chi connectivity index (χ4n) is 2.27. The molecule has 0 N–H and O–H groups in total. The van der Waals surface area contributed by atoms with Gasteiger partial charge in [0.15, 0.2) is 6.10 Å². The number of ether oxygens (including phenoxy) is 1. The smallest absolute Gasteiger partial charge is 0.202 e. The number of nitriles is 1. The molecule has 0 amide bonds. The van der Waals surface area contributed by atoms with E-state index in [0.717, 1.165) is 0 Å². The van der Waals surface area contributed by atoms with Gasteiger partial charge >= 0.3 is 0 Å². The number of para-hydroxylation sites is 1. The van der Waals surface area contributed by atoms with Gasteiger partial charge in [0.05, 0.1) is 5.56 Å². The summed E-state index contributed by atoms with van der Waals surface area (Å²) in [7, 11) is 0. The van der Waals surface area contributed by atoms with Gasteiger partial charge in [-0.15, -0.1) is 0 Å². The van der Waals surface area contributed by atoms with Crippen molar-refractivity contribution in [3.8, 4) is 11.8 Å². The molecule has 3 heteroatoms. The van der Waals surface area contributed by atoms with E-state index in [1.165, 1.54) is 5.56 Å². The van der Waals surface area contributed by atoms with Crippen LogP contribution in [0.25, 0.3) is 0 Å². The lowest BCUT2D eigenvalue weighted by Gasteiger charge is -2.19. The van der Waals surface area contributed by atoms with E-state index in [9.17, 15) is 4.79 Å². The van der Waals surface area contributed by atoms with Crippen LogP contribution < -0.4 is 4.74 Å². The summed E-state index contributed by atoms with van der Waals surface area (Å²) >= 11 is 0. The van der Waals surface area contributed by atoms with Crippen molar-refractivity contribution < 1.29 is 9.53 Å². The predicted octanol–water partition coefficient (Wildman–Crippen LogP) is 4.51. The molecule has 2 rings (SSSR count). The Hall–Kier alpha value is -2.60. The van der Waals surface area contributed by atoms with Gasteiger partial charge < -0.3 is 4.74 Å². The molecule has 0 saturated heterocycles. The molecule has 0 bridgehead atoms. The third-order valence-electron chi connectivity index (χ3n) is 3.72. The molecule has 0 unspecified atom stereocenters.